The van der Waals surface area contributed by atoms with Crippen LogP contribution in [0.1, 0.15) is 27.2 Å². The normalized spacial score (nSPS) is 13.4. The van der Waals surface area contributed by atoms with Gasteiger partial charge in [-0.3, -0.25) is 4.79 Å². The van der Waals surface area contributed by atoms with Crippen molar-refractivity contribution in [1.29, 1.82) is 0 Å². The third-order valence-corrected chi connectivity index (χ3v) is 4.13. The second kappa shape index (κ2) is 8.04. The van der Waals surface area contributed by atoms with E-state index in [2.05, 4.69) is 12.2 Å². The van der Waals surface area contributed by atoms with E-state index in [1.165, 1.54) is 11.8 Å². The highest BCUT2D eigenvalue weighted by Crippen LogP contribution is 2.33. The SMILES string of the molecule is CC[C@H](C)NC(=O)[C@@H](C)Sc1ccc(OC)c(OC)c1. The van der Waals surface area contributed by atoms with Crippen LogP contribution < -0.4 is 14.8 Å². The van der Waals surface area contributed by atoms with Crippen LogP contribution in [0.4, 0.5) is 0 Å². The molecule has 0 unspecified atom stereocenters. The van der Waals surface area contributed by atoms with E-state index in [1.54, 1.807) is 14.2 Å². The predicted octanol–water partition coefficient (Wildman–Crippen LogP) is 3.10. The van der Waals surface area contributed by atoms with Crippen LogP contribution in [0.3, 0.4) is 0 Å². The van der Waals surface area contributed by atoms with Crippen molar-refractivity contribution in [2.45, 2.75) is 43.4 Å². The Morgan fingerprint density at radius 2 is 1.90 bits per heavy atom. The van der Waals surface area contributed by atoms with Gasteiger partial charge in [-0.2, -0.15) is 0 Å². The molecule has 1 amide bonds. The Balaban J connectivity index is 2.70. The summed E-state index contributed by atoms with van der Waals surface area (Å²) in [6, 6.07) is 5.87. The average Bonchev–Trinajstić information content (AvgIpc) is 2.46. The van der Waals surface area contributed by atoms with Crippen LogP contribution in [0, 0.1) is 0 Å². The van der Waals surface area contributed by atoms with Gasteiger partial charge in [0.2, 0.25) is 5.91 Å². The first-order valence-electron chi connectivity index (χ1n) is 6.70. The van der Waals surface area contributed by atoms with Gasteiger partial charge in [0.25, 0.3) is 0 Å². The fraction of sp³-hybridized carbons (Fsp3) is 0.533. The zero-order valence-electron chi connectivity index (χ0n) is 12.7. The summed E-state index contributed by atoms with van der Waals surface area (Å²) in [4.78, 5) is 13.0. The molecule has 112 valence electrons. The Bertz CT molecular complexity index is 451. The molecule has 0 heterocycles. The lowest BCUT2D eigenvalue weighted by Gasteiger charge is -2.16. The molecule has 0 saturated heterocycles. The van der Waals surface area contributed by atoms with E-state index >= 15 is 0 Å². The van der Waals surface area contributed by atoms with E-state index in [0.717, 1.165) is 11.3 Å². The highest BCUT2D eigenvalue weighted by atomic mass is 32.2. The second-order valence-electron chi connectivity index (χ2n) is 4.59. The van der Waals surface area contributed by atoms with E-state index in [1.807, 2.05) is 32.0 Å². The molecule has 0 aliphatic rings. The maximum Gasteiger partial charge on any atom is 0.233 e. The third kappa shape index (κ3) is 4.63. The maximum atomic E-state index is 12.0. The molecule has 1 aromatic carbocycles. The number of hydrogen-bond donors (Lipinski definition) is 1. The first kappa shape index (κ1) is 16.7. The number of carbonyl (C=O) groups is 1. The molecule has 1 N–H and O–H groups in total. The molecule has 20 heavy (non-hydrogen) atoms. The fourth-order valence-corrected chi connectivity index (χ4v) is 2.51. The minimum atomic E-state index is -0.151. The molecular formula is C15H23NO3S. The standard InChI is InChI=1S/C15H23NO3S/c1-6-10(2)16-15(17)11(3)20-12-7-8-13(18-4)14(9-12)19-5/h7-11H,6H2,1-5H3,(H,16,17)/t10-,11+/m0/s1. The van der Waals surface area contributed by atoms with Crippen molar-refractivity contribution in [3.8, 4) is 11.5 Å². The van der Waals surface area contributed by atoms with Crippen molar-refractivity contribution in [1.82, 2.24) is 5.32 Å². The molecule has 0 fully saturated rings. The van der Waals surface area contributed by atoms with Crippen LogP contribution in [0.2, 0.25) is 0 Å². The Hall–Kier alpha value is -1.36. The van der Waals surface area contributed by atoms with Gasteiger partial charge in [0.05, 0.1) is 19.5 Å². The van der Waals surface area contributed by atoms with Crippen molar-refractivity contribution in [2.24, 2.45) is 0 Å². The highest BCUT2D eigenvalue weighted by Gasteiger charge is 2.16. The minimum absolute atomic E-state index is 0.0548. The highest BCUT2D eigenvalue weighted by molar-refractivity contribution is 8.00. The smallest absolute Gasteiger partial charge is 0.233 e. The number of thioether (sulfide) groups is 1. The lowest BCUT2D eigenvalue weighted by atomic mass is 10.2. The number of benzene rings is 1. The van der Waals surface area contributed by atoms with Crippen molar-refractivity contribution in [3.63, 3.8) is 0 Å². The molecule has 0 aliphatic carbocycles. The predicted molar refractivity (Wildman–Crippen MR) is 82.8 cm³/mol. The molecular weight excluding hydrogens is 274 g/mol. The molecule has 2 atom stereocenters. The van der Waals surface area contributed by atoms with Gasteiger partial charge in [-0.15, -0.1) is 11.8 Å². The number of nitrogens with one attached hydrogen (secondary N) is 1. The first-order chi connectivity index (χ1) is 9.51. The molecule has 1 aromatic rings. The van der Waals surface area contributed by atoms with Crippen molar-refractivity contribution < 1.29 is 14.3 Å². The number of methoxy groups -OCH3 is 2. The Labute approximate surface area is 125 Å². The molecule has 0 aromatic heterocycles. The number of amides is 1. The third-order valence-electron chi connectivity index (χ3n) is 3.04. The lowest BCUT2D eigenvalue weighted by Crippen LogP contribution is -2.37. The van der Waals surface area contributed by atoms with E-state index < -0.39 is 0 Å². The topological polar surface area (TPSA) is 47.6 Å². The van der Waals surface area contributed by atoms with E-state index in [4.69, 9.17) is 9.47 Å². The van der Waals surface area contributed by atoms with Gasteiger partial charge in [-0.1, -0.05) is 6.92 Å². The minimum Gasteiger partial charge on any atom is -0.493 e. The lowest BCUT2D eigenvalue weighted by molar-refractivity contribution is -0.120. The van der Waals surface area contributed by atoms with E-state index in [0.29, 0.717) is 11.5 Å². The van der Waals surface area contributed by atoms with Crippen LogP contribution in [0.5, 0.6) is 11.5 Å². The summed E-state index contributed by atoms with van der Waals surface area (Å²) in [6.07, 6.45) is 0.930. The second-order valence-corrected chi connectivity index (χ2v) is 6.01. The van der Waals surface area contributed by atoms with Crippen molar-refractivity contribution in [3.05, 3.63) is 18.2 Å². The van der Waals surface area contributed by atoms with Gasteiger partial charge in [-0.25, -0.2) is 0 Å². The van der Waals surface area contributed by atoms with Gasteiger partial charge >= 0.3 is 0 Å². The zero-order chi connectivity index (χ0) is 15.1. The monoisotopic (exact) mass is 297 g/mol. The molecule has 5 heteroatoms. The van der Waals surface area contributed by atoms with Gasteiger partial charge in [0.1, 0.15) is 0 Å². The summed E-state index contributed by atoms with van der Waals surface area (Å²) < 4.78 is 10.5. The number of hydrogen-bond acceptors (Lipinski definition) is 4. The van der Waals surface area contributed by atoms with Gasteiger partial charge in [-0.05, 0) is 38.5 Å². The largest absolute Gasteiger partial charge is 0.493 e. The first-order valence-corrected chi connectivity index (χ1v) is 7.58. The van der Waals surface area contributed by atoms with Crippen molar-refractivity contribution >= 4 is 17.7 Å². The van der Waals surface area contributed by atoms with Crippen LogP contribution in [0.25, 0.3) is 0 Å². The van der Waals surface area contributed by atoms with E-state index in [9.17, 15) is 4.79 Å². The Morgan fingerprint density at radius 3 is 2.45 bits per heavy atom. The zero-order valence-corrected chi connectivity index (χ0v) is 13.5. The van der Waals surface area contributed by atoms with Crippen LogP contribution in [0.15, 0.2) is 23.1 Å². The summed E-state index contributed by atoms with van der Waals surface area (Å²) in [7, 11) is 3.21. The van der Waals surface area contributed by atoms with Gasteiger partial charge in [0.15, 0.2) is 11.5 Å². The Kier molecular flexibility index (Phi) is 6.71. The number of rotatable bonds is 7. The van der Waals surface area contributed by atoms with E-state index in [-0.39, 0.29) is 17.2 Å². The molecule has 1 rings (SSSR count). The quantitative estimate of drug-likeness (QED) is 0.786. The molecule has 0 aliphatic heterocycles. The molecule has 0 radical (unpaired) electrons. The van der Waals surface area contributed by atoms with Crippen LogP contribution >= 0.6 is 11.8 Å². The average molecular weight is 297 g/mol. The molecule has 0 spiro atoms. The van der Waals surface area contributed by atoms with Crippen molar-refractivity contribution in [2.75, 3.05) is 14.2 Å². The summed E-state index contributed by atoms with van der Waals surface area (Å²) in [5.41, 5.74) is 0. The molecule has 4 nitrogen and oxygen atoms in total. The van der Waals surface area contributed by atoms with Crippen LogP contribution in [-0.4, -0.2) is 31.4 Å². The van der Waals surface area contributed by atoms with Crippen LogP contribution in [-0.2, 0) is 4.79 Å². The molecule has 0 saturated carbocycles. The molecule has 0 bridgehead atoms. The summed E-state index contributed by atoms with van der Waals surface area (Å²) in [5.74, 6) is 1.42. The van der Waals surface area contributed by atoms with Gasteiger partial charge < -0.3 is 14.8 Å². The van der Waals surface area contributed by atoms with Gasteiger partial charge in [0, 0.05) is 10.9 Å². The summed E-state index contributed by atoms with van der Waals surface area (Å²) >= 11 is 1.51. The number of carbonyl (C=O) groups excluding carboxylic acids is 1. The summed E-state index contributed by atoms with van der Waals surface area (Å²) in [6.45, 7) is 5.96. The number of ether oxygens (including phenoxy) is 2. The summed E-state index contributed by atoms with van der Waals surface area (Å²) in [5, 5.41) is 2.83. The Morgan fingerprint density at radius 1 is 1.25 bits per heavy atom. The maximum absolute atomic E-state index is 12.0. The fourth-order valence-electron chi connectivity index (χ4n) is 1.61.